The molecule has 102 valence electrons. The van der Waals surface area contributed by atoms with Gasteiger partial charge in [0.1, 0.15) is 0 Å². The molecule has 0 saturated heterocycles. The number of methoxy groups -OCH3 is 1. The molecule has 0 amide bonds. The number of aromatic nitrogens is 4. The Balaban J connectivity index is 1.74. The molecule has 6 heteroatoms. The van der Waals surface area contributed by atoms with Crippen LogP contribution in [-0.4, -0.2) is 26.7 Å². The summed E-state index contributed by atoms with van der Waals surface area (Å²) in [6.07, 6.45) is 1.77. The summed E-state index contributed by atoms with van der Waals surface area (Å²) in [6, 6.07) is 9.69. The lowest BCUT2D eigenvalue weighted by molar-refractivity contribution is 0.397. The molecule has 0 aliphatic carbocycles. The number of nitrogens with one attached hydrogen (secondary N) is 1. The van der Waals surface area contributed by atoms with E-state index in [1.54, 1.807) is 13.3 Å². The van der Waals surface area contributed by atoms with Crippen molar-refractivity contribution >= 4 is 11.6 Å². The molecule has 3 heterocycles. The van der Waals surface area contributed by atoms with E-state index in [4.69, 9.17) is 4.74 Å². The zero-order valence-electron chi connectivity index (χ0n) is 11.4. The van der Waals surface area contributed by atoms with Gasteiger partial charge in [-0.15, -0.1) is 5.10 Å². The van der Waals surface area contributed by atoms with Crippen molar-refractivity contribution in [3.63, 3.8) is 0 Å². The maximum atomic E-state index is 5.03. The van der Waals surface area contributed by atoms with Crippen molar-refractivity contribution in [1.82, 2.24) is 19.6 Å². The number of aryl methyl sites for hydroxylation is 1. The molecule has 0 atom stereocenters. The first-order valence-electron chi connectivity index (χ1n) is 6.31. The molecule has 6 nitrogen and oxygen atoms in total. The second-order valence-corrected chi connectivity index (χ2v) is 4.43. The molecule has 20 heavy (non-hydrogen) atoms. The van der Waals surface area contributed by atoms with Crippen molar-refractivity contribution in [2.45, 2.75) is 13.5 Å². The predicted octanol–water partition coefficient (Wildman–Crippen LogP) is 2.05. The molecule has 0 aromatic carbocycles. The zero-order valence-corrected chi connectivity index (χ0v) is 11.4. The number of nitrogens with zero attached hydrogens (tertiary/aromatic N) is 4. The fourth-order valence-electron chi connectivity index (χ4n) is 1.93. The summed E-state index contributed by atoms with van der Waals surface area (Å²) in [7, 11) is 1.60. The van der Waals surface area contributed by atoms with E-state index in [0.717, 1.165) is 16.9 Å². The summed E-state index contributed by atoms with van der Waals surface area (Å²) < 4.78 is 6.84. The Kier molecular flexibility index (Phi) is 3.20. The van der Waals surface area contributed by atoms with Crippen LogP contribution < -0.4 is 10.1 Å². The lowest BCUT2D eigenvalue weighted by Gasteiger charge is -2.02. The van der Waals surface area contributed by atoms with Crippen LogP contribution in [0.4, 0.5) is 5.95 Å². The van der Waals surface area contributed by atoms with Gasteiger partial charge >= 0.3 is 0 Å². The van der Waals surface area contributed by atoms with Gasteiger partial charge in [0.2, 0.25) is 11.8 Å². The van der Waals surface area contributed by atoms with E-state index in [9.17, 15) is 0 Å². The highest BCUT2D eigenvalue weighted by atomic mass is 16.5. The SMILES string of the molecule is COc1ccc(CNc2nc3cccc(C)n3n2)cn1. The van der Waals surface area contributed by atoms with Crippen LogP contribution in [0.25, 0.3) is 5.65 Å². The number of hydrogen-bond donors (Lipinski definition) is 1. The monoisotopic (exact) mass is 269 g/mol. The first-order valence-corrected chi connectivity index (χ1v) is 6.31. The Hall–Kier alpha value is -2.63. The van der Waals surface area contributed by atoms with Gasteiger partial charge in [-0.05, 0) is 24.6 Å². The van der Waals surface area contributed by atoms with Crippen molar-refractivity contribution in [1.29, 1.82) is 0 Å². The number of anilines is 1. The largest absolute Gasteiger partial charge is 0.481 e. The Morgan fingerprint density at radius 3 is 2.85 bits per heavy atom. The highest BCUT2D eigenvalue weighted by Gasteiger charge is 2.04. The lowest BCUT2D eigenvalue weighted by Crippen LogP contribution is -2.02. The molecule has 3 aromatic rings. The van der Waals surface area contributed by atoms with Crippen molar-refractivity contribution < 1.29 is 4.74 Å². The van der Waals surface area contributed by atoms with Gasteiger partial charge in [-0.3, -0.25) is 0 Å². The Bertz CT molecular complexity index is 720. The second kappa shape index (κ2) is 5.16. The average molecular weight is 269 g/mol. The van der Waals surface area contributed by atoms with E-state index in [1.165, 1.54) is 0 Å². The van der Waals surface area contributed by atoms with Gasteiger partial charge in [-0.1, -0.05) is 12.1 Å². The minimum absolute atomic E-state index is 0.607. The third kappa shape index (κ3) is 2.40. The number of fused-ring (bicyclic) bond motifs is 1. The first kappa shape index (κ1) is 12.4. The molecule has 0 aliphatic heterocycles. The van der Waals surface area contributed by atoms with Gasteiger partial charge in [0, 0.05) is 24.5 Å². The highest BCUT2D eigenvalue weighted by molar-refractivity contribution is 5.44. The van der Waals surface area contributed by atoms with Crippen LogP contribution in [0, 0.1) is 6.92 Å². The average Bonchev–Trinajstić information content (AvgIpc) is 2.90. The normalized spacial score (nSPS) is 10.7. The molecule has 0 fully saturated rings. The van der Waals surface area contributed by atoms with Gasteiger partial charge in [0.15, 0.2) is 5.65 Å². The van der Waals surface area contributed by atoms with Crippen molar-refractivity contribution in [2.75, 3.05) is 12.4 Å². The van der Waals surface area contributed by atoms with E-state index >= 15 is 0 Å². The summed E-state index contributed by atoms with van der Waals surface area (Å²) in [5, 5.41) is 7.60. The van der Waals surface area contributed by atoms with Crippen molar-refractivity contribution in [3.8, 4) is 5.88 Å². The Labute approximate surface area is 116 Å². The third-order valence-corrected chi connectivity index (χ3v) is 3.01. The van der Waals surface area contributed by atoms with Crippen LogP contribution in [0.3, 0.4) is 0 Å². The zero-order chi connectivity index (χ0) is 13.9. The molecule has 3 aromatic heterocycles. The van der Waals surface area contributed by atoms with Gasteiger partial charge in [-0.25, -0.2) is 9.50 Å². The molecule has 0 radical (unpaired) electrons. The lowest BCUT2D eigenvalue weighted by atomic mass is 10.3. The number of pyridine rings is 2. The first-order chi connectivity index (χ1) is 9.76. The third-order valence-electron chi connectivity index (χ3n) is 3.01. The minimum atomic E-state index is 0.607. The molecule has 0 bridgehead atoms. The molecule has 0 spiro atoms. The summed E-state index contributed by atoms with van der Waals surface area (Å²) >= 11 is 0. The van der Waals surface area contributed by atoms with E-state index < -0.39 is 0 Å². The predicted molar refractivity (Wildman–Crippen MR) is 75.8 cm³/mol. The Morgan fingerprint density at radius 2 is 2.15 bits per heavy atom. The molecular formula is C14H15N5O. The van der Waals surface area contributed by atoms with E-state index in [0.29, 0.717) is 18.4 Å². The fourth-order valence-corrected chi connectivity index (χ4v) is 1.93. The standard InChI is InChI=1S/C14H15N5O/c1-10-4-3-5-12-17-14(18-19(10)12)16-9-11-6-7-13(20-2)15-8-11/h3-8H,9H2,1-2H3,(H,16,18). The fraction of sp³-hybridized carbons (Fsp3) is 0.214. The van der Waals surface area contributed by atoms with Gasteiger partial charge in [0.05, 0.1) is 7.11 Å². The number of hydrogen-bond acceptors (Lipinski definition) is 5. The van der Waals surface area contributed by atoms with Crippen molar-refractivity contribution in [3.05, 3.63) is 47.8 Å². The van der Waals surface area contributed by atoms with Crippen molar-refractivity contribution in [2.24, 2.45) is 0 Å². The van der Waals surface area contributed by atoms with E-state index in [-0.39, 0.29) is 0 Å². The summed E-state index contributed by atoms with van der Waals surface area (Å²) in [6.45, 7) is 2.62. The number of ether oxygens (including phenoxy) is 1. The van der Waals surface area contributed by atoms with E-state index in [1.807, 2.05) is 41.8 Å². The second-order valence-electron chi connectivity index (χ2n) is 4.43. The highest BCUT2D eigenvalue weighted by Crippen LogP contribution is 2.10. The van der Waals surface area contributed by atoms with Crippen LogP contribution in [0.2, 0.25) is 0 Å². The topological polar surface area (TPSA) is 64.3 Å². The summed E-state index contributed by atoms with van der Waals surface area (Å²) in [4.78, 5) is 8.58. The molecule has 0 unspecified atom stereocenters. The van der Waals surface area contributed by atoms with Gasteiger partial charge in [-0.2, -0.15) is 4.98 Å². The maximum Gasteiger partial charge on any atom is 0.243 e. The van der Waals surface area contributed by atoms with Crippen LogP contribution in [0.5, 0.6) is 5.88 Å². The van der Waals surface area contributed by atoms with Crippen LogP contribution in [-0.2, 0) is 6.54 Å². The molecule has 0 aliphatic rings. The molecular weight excluding hydrogens is 254 g/mol. The smallest absolute Gasteiger partial charge is 0.243 e. The Morgan fingerprint density at radius 1 is 1.25 bits per heavy atom. The van der Waals surface area contributed by atoms with Crippen LogP contribution in [0.15, 0.2) is 36.5 Å². The molecule has 0 saturated carbocycles. The quantitative estimate of drug-likeness (QED) is 0.785. The minimum Gasteiger partial charge on any atom is -0.481 e. The van der Waals surface area contributed by atoms with Gasteiger partial charge in [0.25, 0.3) is 0 Å². The molecule has 1 N–H and O–H groups in total. The van der Waals surface area contributed by atoms with Crippen LogP contribution >= 0.6 is 0 Å². The summed E-state index contributed by atoms with van der Waals surface area (Å²) in [5.41, 5.74) is 2.93. The number of rotatable bonds is 4. The van der Waals surface area contributed by atoms with Crippen LogP contribution in [0.1, 0.15) is 11.3 Å². The van der Waals surface area contributed by atoms with E-state index in [2.05, 4.69) is 20.4 Å². The van der Waals surface area contributed by atoms with Gasteiger partial charge < -0.3 is 10.1 Å². The molecule has 3 rings (SSSR count). The summed E-state index contributed by atoms with van der Waals surface area (Å²) in [5.74, 6) is 1.21. The maximum absolute atomic E-state index is 5.03.